The highest BCUT2D eigenvalue weighted by atomic mass is 35.5. The van der Waals surface area contributed by atoms with Crippen LogP contribution in [0.25, 0.3) is 0 Å². The monoisotopic (exact) mass is 321 g/mol. The van der Waals surface area contributed by atoms with Crippen molar-refractivity contribution in [3.05, 3.63) is 21.9 Å². The minimum atomic E-state index is -0.258. The first-order chi connectivity index (χ1) is 9.15. The maximum Gasteiger partial charge on any atom is 0.254 e. The molecule has 1 aromatic rings. The smallest absolute Gasteiger partial charge is 0.254 e. The van der Waals surface area contributed by atoms with Gasteiger partial charge in [-0.1, -0.05) is 36.0 Å². The van der Waals surface area contributed by atoms with E-state index in [2.05, 4.69) is 21.8 Å². The van der Waals surface area contributed by atoms with Crippen molar-refractivity contribution in [2.75, 3.05) is 18.6 Å². The van der Waals surface area contributed by atoms with Gasteiger partial charge in [0, 0.05) is 6.54 Å². The van der Waals surface area contributed by atoms with Crippen molar-refractivity contribution in [3.63, 3.8) is 0 Å². The Hall–Kier alpha value is -0.520. The van der Waals surface area contributed by atoms with Crippen molar-refractivity contribution in [1.29, 1.82) is 0 Å². The maximum absolute atomic E-state index is 11.8. The van der Waals surface area contributed by atoms with Gasteiger partial charge in [-0.05, 0) is 30.9 Å². The number of unbranched alkanes of at least 4 members (excludes halogenated alkanes) is 3. The lowest BCUT2D eigenvalue weighted by Gasteiger charge is -2.06. The zero-order valence-electron chi connectivity index (χ0n) is 10.8. The number of aromatic nitrogens is 2. The molecule has 1 amide bonds. The molecule has 0 atom stereocenters. The van der Waals surface area contributed by atoms with Gasteiger partial charge in [0.25, 0.3) is 5.91 Å². The second-order valence-electron chi connectivity index (χ2n) is 4.03. The van der Waals surface area contributed by atoms with Gasteiger partial charge in [0.05, 0.1) is 5.56 Å². The van der Waals surface area contributed by atoms with E-state index in [-0.39, 0.29) is 21.8 Å². The Morgan fingerprint density at radius 1 is 1.26 bits per heavy atom. The summed E-state index contributed by atoms with van der Waals surface area (Å²) in [6, 6.07) is 1.42. The maximum atomic E-state index is 11.8. The number of amides is 1. The van der Waals surface area contributed by atoms with Crippen LogP contribution in [0.2, 0.25) is 10.3 Å². The van der Waals surface area contributed by atoms with Crippen LogP contribution in [0.3, 0.4) is 0 Å². The minimum absolute atomic E-state index is 0.0712. The molecule has 1 N–H and O–H groups in total. The molecule has 0 fully saturated rings. The van der Waals surface area contributed by atoms with E-state index in [0.717, 1.165) is 12.8 Å². The number of carbonyl (C=O) groups is 1. The highest BCUT2D eigenvalue weighted by Crippen LogP contribution is 2.15. The lowest BCUT2D eigenvalue weighted by molar-refractivity contribution is 0.0952. The molecule has 0 radical (unpaired) electrons. The predicted octanol–water partition coefficient (Wildman–Crippen LogP) is 3.44. The fraction of sp³-hybridized carbons (Fsp3) is 0.583. The van der Waals surface area contributed by atoms with Crippen molar-refractivity contribution in [2.24, 2.45) is 0 Å². The zero-order chi connectivity index (χ0) is 14.1. The van der Waals surface area contributed by atoms with E-state index in [1.54, 1.807) is 0 Å². The minimum Gasteiger partial charge on any atom is -0.352 e. The van der Waals surface area contributed by atoms with Crippen LogP contribution in [-0.2, 0) is 0 Å². The van der Waals surface area contributed by atoms with Crippen LogP contribution in [0, 0.1) is 0 Å². The molecule has 0 saturated carbocycles. The third kappa shape index (κ3) is 6.45. The molecule has 0 aliphatic heterocycles. The van der Waals surface area contributed by atoms with Crippen LogP contribution < -0.4 is 5.32 Å². The van der Waals surface area contributed by atoms with Gasteiger partial charge in [-0.2, -0.15) is 11.8 Å². The molecule has 0 unspecified atom stereocenters. The Bertz CT molecular complexity index is 418. The average molecular weight is 322 g/mol. The van der Waals surface area contributed by atoms with Gasteiger partial charge in [-0.15, -0.1) is 10.2 Å². The van der Waals surface area contributed by atoms with Crippen molar-refractivity contribution in [3.8, 4) is 0 Å². The molecule has 0 aliphatic rings. The first kappa shape index (κ1) is 16.5. The highest BCUT2D eigenvalue weighted by molar-refractivity contribution is 7.98. The third-order valence-corrected chi connectivity index (χ3v) is 3.69. The van der Waals surface area contributed by atoms with Crippen molar-refractivity contribution >= 4 is 40.9 Å². The summed E-state index contributed by atoms with van der Waals surface area (Å²) in [5.41, 5.74) is 0.268. The summed E-state index contributed by atoms with van der Waals surface area (Å²) in [5, 5.41) is 10.2. The number of hydrogen-bond donors (Lipinski definition) is 1. The molecule has 4 nitrogen and oxygen atoms in total. The molecule has 19 heavy (non-hydrogen) atoms. The van der Waals surface area contributed by atoms with Gasteiger partial charge >= 0.3 is 0 Å². The number of thioether (sulfide) groups is 1. The van der Waals surface area contributed by atoms with Gasteiger partial charge in [0.1, 0.15) is 0 Å². The fourth-order valence-corrected chi connectivity index (χ4v) is 2.35. The van der Waals surface area contributed by atoms with Crippen LogP contribution >= 0.6 is 35.0 Å². The highest BCUT2D eigenvalue weighted by Gasteiger charge is 2.12. The van der Waals surface area contributed by atoms with Gasteiger partial charge in [-0.3, -0.25) is 4.79 Å². The van der Waals surface area contributed by atoms with Crippen LogP contribution in [0.4, 0.5) is 0 Å². The predicted molar refractivity (Wildman–Crippen MR) is 81.2 cm³/mol. The largest absolute Gasteiger partial charge is 0.352 e. The lowest BCUT2D eigenvalue weighted by Crippen LogP contribution is -2.25. The van der Waals surface area contributed by atoms with Gasteiger partial charge in [0.15, 0.2) is 10.3 Å². The summed E-state index contributed by atoms with van der Waals surface area (Å²) in [6.45, 7) is 0.633. The first-order valence-electron chi connectivity index (χ1n) is 6.11. The quantitative estimate of drug-likeness (QED) is 0.745. The molecule has 0 saturated heterocycles. The van der Waals surface area contributed by atoms with Crippen molar-refractivity contribution in [2.45, 2.75) is 25.7 Å². The van der Waals surface area contributed by atoms with Crippen LogP contribution in [0.5, 0.6) is 0 Å². The molecule has 7 heteroatoms. The summed E-state index contributed by atoms with van der Waals surface area (Å²) in [5.74, 6) is 0.939. The average Bonchev–Trinajstić information content (AvgIpc) is 2.40. The summed E-state index contributed by atoms with van der Waals surface area (Å²) in [6.07, 6.45) is 6.61. The number of carbonyl (C=O) groups excluding carboxylic acids is 1. The molecule has 0 aromatic carbocycles. The molecule has 106 valence electrons. The molecule has 1 heterocycles. The number of nitrogens with one attached hydrogen (secondary N) is 1. The Balaban J connectivity index is 2.26. The van der Waals surface area contributed by atoms with E-state index in [1.807, 2.05) is 11.8 Å². The topological polar surface area (TPSA) is 54.9 Å². The second kappa shape index (κ2) is 9.39. The third-order valence-electron chi connectivity index (χ3n) is 2.52. The first-order valence-corrected chi connectivity index (χ1v) is 8.26. The normalized spacial score (nSPS) is 10.5. The molecule has 0 aliphatic carbocycles. The number of halogens is 2. The van der Waals surface area contributed by atoms with Crippen LogP contribution in [-0.4, -0.2) is 34.7 Å². The van der Waals surface area contributed by atoms with Crippen molar-refractivity contribution in [1.82, 2.24) is 15.5 Å². The molecular weight excluding hydrogens is 305 g/mol. The van der Waals surface area contributed by atoms with Gasteiger partial charge in [0.2, 0.25) is 0 Å². The summed E-state index contributed by atoms with van der Waals surface area (Å²) in [4.78, 5) is 11.8. The molecule has 1 aromatic heterocycles. The van der Waals surface area contributed by atoms with Gasteiger partial charge < -0.3 is 5.32 Å². The van der Waals surface area contributed by atoms with E-state index >= 15 is 0 Å². The summed E-state index contributed by atoms with van der Waals surface area (Å²) in [7, 11) is 0. The lowest BCUT2D eigenvalue weighted by atomic mass is 10.2. The zero-order valence-corrected chi connectivity index (χ0v) is 13.1. The number of nitrogens with zero attached hydrogens (tertiary/aromatic N) is 2. The van der Waals surface area contributed by atoms with E-state index < -0.39 is 0 Å². The summed E-state index contributed by atoms with van der Waals surface area (Å²) < 4.78 is 0. The summed E-state index contributed by atoms with van der Waals surface area (Å²) >= 11 is 13.3. The molecule has 1 rings (SSSR count). The van der Waals surface area contributed by atoms with E-state index in [0.29, 0.717) is 6.54 Å². The molecular formula is C12H17Cl2N3OS. The van der Waals surface area contributed by atoms with E-state index in [9.17, 15) is 4.79 Å². The van der Waals surface area contributed by atoms with Crippen molar-refractivity contribution < 1.29 is 4.79 Å². The number of rotatable bonds is 8. The fourth-order valence-electron chi connectivity index (χ4n) is 1.53. The molecule has 0 spiro atoms. The van der Waals surface area contributed by atoms with E-state index in [4.69, 9.17) is 23.2 Å². The van der Waals surface area contributed by atoms with Crippen LogP contribution in [0.15, 0.2) is 6.07 Å². The Morgan fingerprint density at radius 2 is 2.00 bits per heavy atom. The van der Waals surface area contributed by atoms with Crippen LogP contribution in [0.1, 0.15) is 36.0 Å². The second-order valence-corrected chi connectivity index (χ2v) is 5.77. The Labute approximate surface area is 127 Å². The Kier molecular flexibility index (Phi) is 8.18. The molecule has 0 bridgehead atoms. The SMILES string of the molecule is CSCCCCCCNC(=O)c1cc(Cl)nnc1Cl. The van der Waals surface area contributed by atoms with Gasteiger partial charge in [-0.25, -0.2) is 0 Å². The standard InChI is InChI=1S/C12H17Cl2N3OS/c1-19-7-5-3-2-4-6-15-12(18)9-8-10(13)16-17-11(9)14/h8H,2-7H2,1H3,(H,15,18). The Morgan fingerprint density at radius 3 is 2.74 bits per heavy atom. The van der Waals surface area contributed by atoms with E-state index in [1.165, 1.54) is 24.7 Å². The number of hydrogen-bond acceptors (Lipinski definition) is 4.